The highest BCUT2D eigenvalue weighted by Gasteiger charge is 2.48. The summed E-state index contributed by atoms with van der Waals surface area (Å²) in [5, 5.41) is 8.93. The maximum absolute atomic E-state index is 8.93. The topological polar surface area (TPSA) is 23.8 Å². The first-order valence-corrected chi connectivity index (χ1v) is 4.63. The highest BCUT2D eigenvalue weighted by molar-refractivity contribution is 5.05. The summed E-state index contributed by atoms with van der Waals surface area (Å²) in [6, 6.07) is 2.48. The van der Waals surface area contributed by atoms with Gasteiger partial charge in [0, 0.05) is 0 Å². The van der Waals surface area contributed by atoms with Gasteiger partial charge in [-0.25, -0.2) is 0 Å². The molecule has 2 fully saturated rings. The Balaban J connectivity index is 2.21. The summed E-state index contributed by atoms with van der Waals surface area (Å²) < 4.78 is 0. The molecule has 60 valence electrons. The Labute approximate surface area is 68.4 Å². The number of nitriles is 1. The summed E-state index contributed by atoms with van der Waals surface area (Å²) >= 11 is 0. The first-order chi connectivity index (χ1) is 5.24. The lowest BCUT2D eigenvalue weighted by molar-refractivity contribution is 0.231. The predicted octanol–water partition coefficient (Wildman–Crippen LogP) is 2.44. The molecule has 5 atom stereocenters. The van der Waals surface area contributed by atoms with E-state index in [9.17, 15) is 0 Å². The third-order valence-corrected chi connectivity index (χ3v) is 3.90. The summed E-state index contributed by atoms with van der Waals surface area (Å²) in [5.41, 5.74) is 0. The Hall–Kier alpha value is -0.510. The van der Waals surface area contributed by atoms with Gasteiger partial charge >= 0.3 is 0 Å². The minimum Gasteiger partial charge on any atom is -0.198 e. The van der Waals surface area contributed by atoms with Crippen molar-refractivity contribution in [2.45, 2.75) is 26.7 Å². The van der Waals surface area contributed by atoms with E-state index in [4.69, 9.17) is 5.26 Å². The van der Waals surface area contributed by atoms with Crippen molar-refractivity contribution in [2.75, 3.05) is 0 Å². The highest BCUT2D eigenvalue weighted by atomic mass is 14.5. The Morgan fingerprint density at radius 2 is 2.00 bits per heavy atom. The van der Waals surface area contributed by atoms with Crippen LogP contribution in [0, 0.1) is 40.9 Å². The van der Waals surface area contributed by atoms with E-state index in [0.717, 1.165) is 17.8 Å². The van der Waals surface area contributed by atoms with E-state index in [1.165, 1.54) is 12.8 Å². The molecule has 0 amide bonds. The molecular weight excluding hydrogens is 134 g/mol. The summed E-state index contributed by atoms with van der Waals surface area (Å²) in [7, 11) is 0. The molecule has 0 aliphatic heterocycles. The normalized spacial score (nSPS) is 54.5. The molecule has 0 aromatic rings. The molecule has 0 saturated heterocycles. The van der Waals surface area contributed by atoms with Crippen molar-refractivity contribution in [1.82, 2.24) is 0 Å². The molecule has 0 radical (unpaired) electrons. The van der Waals surface area contributed by atoms with Crippen molar-refractivity contribution >= 4 is 0 Å². The Morgan fingerprint density at radius 3 is 2.45 bits per heavy atom. The van der Waals surface area contributed by atoms with Gasteiger partial charge in [0.2, 0.25) is 0 Å². The van der Waals surface area contributed by atoms with E-state index < -0.39 is 0 Å². The minimum atomic E-state index is 0.378. The molecule has 2 rings (SSSR count). The van der Waals surface area contributed by atoms with E-state index in [1.54, 1.807) is 0 Å². The fourth-order valence-corrected chi connectivity index (χ4v) is 3.16. The molecule has 0 heterocycles. The Bertz CT molecular complexity index is 203. The maximum Gasteiger partial charge on any atom is 0.0661 e. The van der Waals surface area contributed by atoms with Crippen LogP contribution in [0.1, 0.15) is 26.7 Å². The van der Waals surface area contributed by atoms with Gasteiger partial charge in [-0.3, -0.25) is 0 Å². The van der Waals surface area contributed by atoms with E-state index in [2.05, 4.69) is 19.9 Å². The van der Waals surface area contributed by atoms with Crippen LogP contribution >= 0.6 is 0 Å². The van der Waals surface area contributed by atoms with E-state index in [-0.39, 0.29) is 0 Å². The van der Waals surface area contributed by atoms with Gasteiger partial charge in [0.05, 0.1) is 12.0 Å². The number of fused-ring (bicyclic) bond motifs is 2. The van der Waals surface area contributed by atoms with Gasteiger partial charge < -0.3 is 0 Å². The third kappa shape index (κ3) is 0.819. The van der Waals surface area contributed by atoms with Gasteiger partial charge in [0.25, 0.3) is 0 Å². The molecule has 1 heteroatoms. The third-order valence-electron chi connectivity index (χ3n) is 3.90. The number of nitrogens with zero attached hydrogens (tertiary/aromatic N) is 1. The smallest absolute Gasteiger partial charge is 0.0661 e. The summed E-state index contributed by atoms with van der Waals surface area (Å²) in [6.45, 7) is 4.56. The molecule has 2 aliphatic carbocycles. The van der Waals surface area contributed by atoms with Crippen molar-refractivity contribution < 1.29 is 0 Å². The Kier molecular flexibility index (Phi) is 1.45. The highest BCUT2D eigenvalue weighted by Crippen LogP contribution is 2.54. The van der Waals surface area contributed by atoms with Crippen LogP contribution in [0.15, 0.2) is 0 Å². The van der Waals surface area contributed by atoms with Crippen LogP contribution in [0.4, 0.5) is 0 Å². The zero-order valence-electron chi connectivity index (χ0n) is 7.25. The van der Waals surface area contributed by atoms with Crippen molar-refractivity contribution in [1.29, 1.82) is 5.26 Å². The van der Waals surface area contributed by atoms with Crippen LogP contribution in [-0.2, 0) is 0 Å². The molecule has 2 bridgehead atoms. The number of hydrogen-bond donors (Lipinski definition) is 0. The standard InChI is InChI=1S/C10H15N/c1-6-3-8-4-9(6)10(5-11)7(8)2/h6-10H,3-4H2,1-2H3/t6-,7-,8-,9+,10-/m1/s1. The van der Waals surface area contributed by atoms with Crippen molar-refractivity contribution in [3.05, 3.63) is 0 Å². The molecule has 0 spiro atoms. The van der Waals surface area contributed by atoms with Gasteiger partial charge in [-0.05, 0) is 36.5 Å². The second-order valence-corrected chi connectivity index (χ2v) is 4.39. The van der Waals surface area contributed by atoms with Crippen LogP contribution in [0.25, 0.3) is 0 Å². The van der Waals surface area contributed by atoms with E-state index in [0.29, 0.717) is 11.8 Å². The first-order valence-electron chi connectivity index (χ1n) is 4.63. The fraction of sp³-hybridized carbons (Fsp3) is 0.900. The SMILES string of the molecule is C[C@@H]1[C@H]2C[C@H]([C@@H]1C#N)[C@H](C)C2. The second kappa shape index (κ2) is 2.24. The molecule has 2 saturated carbocycles. The van der Waals surface area contributed by atoms with Gasteiger partial charge in [0.15, 0.2) is 0 Å². The first kappa shape index (κ1) is 7.16. The van der Waals surface area contributed by atoms with Crippen LogP contribution < -0.4 is 0 Å². The average Bonchev–Trinajstić information content (AvgIpc) is 2.45. The van der Waals surface area contributed by atoms with Gasteiger partial charge in [0.1, 0.15) is 0 Å². The van der Waals surface area contributed by atoms with Crippen LogP contribution in [0.2, 0.25) is 0 Å². The zero-order valence-corrected chi connectivity index (χ0v) is 7.25. The van der Waals surface area contributed by atoms with Crippen LogP contribution in [-0.4, -0.2) is 0 Å². The summed E-state index contributed by atoms with van der Waals surface area (Å²) in [4.78, 5) is 0. The number of rotatable bonds is 0. The fourth-order valence-electron chi connectivity index (χ4n) is 3.16. The van der Waals surface area contributed by atoms with Gasteiger partial charge in [-0.2, -0.15) is 5.26 Å². The predicted molar refractivity (Wildman–Crippen MR) is 43.6 cm³/mol. The van der Waals surface area contributed by atoms with Gasteiger partial charge in [-0.15, -0.1) is 0 Å². The lowest BCUT2D eigenvalue weighted by Crippen LogP contribution is -2.23. The van der Waals surface area contributed by atoms with Crippen molar-refractivity contribution in [3.8, 4) is 6.07 Å². The Morgan fingerprint density at radius 1 is 1.27 bits per heavy atom. The second-order valence-electron chi connectivity index (χ2n) is 4.39. The molecule has 0 N–H and O–H groups in total. The lowest BCUT2D eigenvalue weighted by Gasteiger charge is -2.27. The average molecular weight is 149 g/mol. The van der Waals surface area contributed by atoms with Crippen molar-refractivity contribution in [2.24, 2.45) is 29.6 Å². The summed E-state index contributed by atoms with van der Waals surface area (Å²) in [6.07, 6.45) is 2.71. The maximum atomic E-state index is 8.93. The molecule has 11 heavy (non-hydrogen) atoms. The quantitative estimate of drug-likeness (QED) is 0.519. The van der Waals surface area contributed by atoms with Crippen molar-refractivity contribution in [3.63, 3.8) is 0 Å². The minimum absolute atomic E-state index is 0.378. The van der Waals surface area contributed by atoms with Crippen LogP contribution in [0.5, 0.6) is 0 Å². The number of hydrogen-bond acceptors (Lipinski definition) is 1. The molecule has 0 aromatic heterocycles. The van der Waals surface area contributed by atoms with Gasteiger partial charge in [-0.1, -0.05) is 13.8 Å². The molecule has 2 aliphatic rings. The molecule has 1 nitrogen and oxygen atoms in total. The zero-order chi connectivity index (χ0) is 8.01. The van der Waals surface area contributed by atoms with Crippen LogP contribution in [0.3, 0.4) is 0 Å². The van der Waals surface area contributed by atoms with E-state index >= 15 is 0 Å². The largest absolute Gasteiger partial charge is 0.198 e. The molecule has 0 unspecified atom stereocenters. The van der Waals surface area contributed by atoms with E-state index in [1.807, 2.05) is 0 Å². The lowest BCUT2D eigenvalue weighted by atomic mass is 9.76. The molecule has 0 aromatic carbocycles. The molecular formula is C10H15N. The summed E-state index contributed by atoms with van der Waals surface area (Å²) in [5.74, 6) is 3.49. The monoisotopic (exact) mass is 149 g/mol.